The molecule has 0 spiro atoms. The first-order chi connectivity index (χ1) is 34.3. The van der Waals surface area contributed by atoms with Gasteiger partial charge in [-0.2, -0.15) is 0 Å². The summed E-state index contributed by atoms with van der Waals surface area (Å²) in [5, 5.41) is 4.56. The van der Waals surface area contributed by atoms with Crippen LogP contribution in [0.15, 0.2) is 255 Å². The van der Waals surface area contributed by atoms with Crippen molar-refractivity contribution >= 4 is 43.6 Å². The van der Waals surface area contributed by atoms with Crippen molar-refractivity contribution < 1.29 is 0 Å². The molecule has 4 heteroatoms. The monoisotopic (exact) mass is 878 g/mol. The van der Waals surface area contributed by atoms with E-state index in [0.29, 0.717) is 0 Å². The van der Waals surface area contributed by atoms with Gasteiger partial charge in [0.2, 0.25) is 0 Å². The highest BCUT2D eigenvalue weighted by Gasteiger charge is 2.47. The summed E-state index contributed by atoms with van der Waals surface area (Å²) >= 11 is 0. The fraction of sp³-hybridized carbons (Fsp3) is 0.0154. The van der Waals surface area contributed by atoms with Gasteiger partial charge in [0.15, 0.2) is 0 Å². The van der Waals surface area contributed by atoms with Crippen molar-refractivity contribution in [2.45, 2.75) is 5.41 Å². The molecule has 2 aromatic heterocycles. The number of benzene rings is 11. The molecule has 0 radical (unpaired) electrons. The van der Waals surface area contributed by atoms with E-state index in [4.69, 9.17) is 9.97 Å². The van der Waals surface area contributed by atoms with Gasteiger partial charge in [0.05, 0.1) is 38.9 Å². The Bertz CT molecular complexity index is 3900. The SMILES string of the molecule is c1ccc(-c2nc3ccccc3n2-c2cccc3c(-c4cccc5c4C(c4ccccc4)(c4ccccc4)c4ccccc4-5)c4cccc(-n5c(-c6ccccc6)nc6ccccc65)c4cc23)cc1. The predicted molar refractivity (Wildman–Crippen MR) is 284 cm³/mol. The summed E-state index contributed by atoms with van der Waals surface area (Å²) in [5.74, 6) is 1.80. The molecule has 322 valence electrons. The summed E-state index contributed by atoms with van der Waals surface area (Å²) in [4.78, 5) is 10.7. The molecule has 69 heavy (non-hydrogen) atoms. The van der Waals surface area contributed by atoms with Gasteiger partial charge in [-0.05, 0) is 97.7 Å². The highest BCUT2D eigenvalue weighted by Crippen LogP contribution is 2.60. The van der Waals surface area contributed by atoms with Crippen LogP contribution in [-0.2, 0) is 5.41 Å². The number of hydrogen-bond acceptors (Lipinski definition) is 2. The number of para-hydroxylation sites is 4. The average molecular weight is 879 g/mol. The van der Waals surface area contributed by atoms with Crippen molar-refractivity contribution in [1.29, 1.82) is 0 Å². The molecule has 0 atom stereocenters. The molecule has 11 aromatic carbocycles. The van der Waals surface area contributed by atoms with E-state index >= 15 is 0 Å². The molecule has 0 aliphatic heterocycles. The van der Waals surface area contributed by atoms with Crippen LogP contribution < -0.4 is 0 Å². The second-order valence-electron chi connectivity index (χ2n) is 18.0. The highest BCUT2D eigenvalue weighted by atomic mass is 15.1. The third-order valence-electron chi connectivity index (χ3n) is 14.4. The molecule has 4 nitrogen and oxygen atoms in total. The summed E-state index contributed by atoms with van der Waals surface area (Å²) < 4.78 is 4.74. The van der Waals surface area contributed by atoms with Crippen LogP contribution in [0.25, 0.3) is 100 Å². The fourth-order valence-electron chi connectivity index (χ4n) is 11.6. The van der Waals surface area contributed by atoms with E-state index in [1.54, 1.807) is 0 Å². The van der Waals surface area contributed by atoms with Crippen LogP contribution in [0.5, 0.6) is 0 Å². The second kappa shape index (κ2) is 15.5. The van der Waals surface area contributed by atoms with Crippen molar-refractivity contribution in [3.05, 3.63) is 277 Å². The molecule has 0 bridgehead atoms. The van der Waals surface area contributed by atoms with Gasteiger partial charge in [-0.3, -0.25) is 9.13 Å². The molecular weight excluding hydrogens is 837 g/mol. The van der Waals surface area contributed by atoms with Crippen molar-refractivity contribution in [1.82, 2.24) is 19.1 Å². The largest absolute Gasteiger partial charge is 0.292 e. The van der Waals surface area contributed by atoms with E-state index in [9.17, 15) is 0 Å². The average Bonchev–Trinajstić information content (AvgIpc) is 4.10. The molecular formula is C65H42N4. The Kier molecular flexibility index (Phi) is 8.77. The number of imidazole rings is 2. The van der Waals surface area contributed by atoms with Crippen molar-refractivity contribution in [2.24, 2.45) is 0 Å². The van der Waals surface area contributed by atoms with Crippen LogP contribution >= 0.6 is 0 Å². The molecule has 13 aromatic rings. The maximum Gasteiger partial charge on any atom is 0.145 e. The number of aromatic nitrogens is 4. The Labute approximate surface area is 399 Å². The lowest BCUT2D eigenvalue weighted by atomic mass is 9.66. The number of hydrogen-bond donors (Lipinski definition) is 0. The Morgan fingerprint density at radius 2 is 0.739 bits per heavy atom. The zero-order valence-corrected chi connectivity index (χ0v) is 37.5. The Morgan fingerprint density at radius 1 is 0.319 bits per heavy atom. The lowest BCUT2D eigenvalue weighted by Crippen LogP contribution is -2.29. The first kappa shape index (κ1) is 39.1. The Morgan fingerprint density at radius 3 is 1.28 bits per heavy atom. The van der Waals surface area contributed by atoms with Crippen LogP contribution in [0.3, 0.4) is 0 Å². The summed E-state index contributed by atoms with van der Waals surface area (Å²) in [7, 11) is 0. The number of fused-ring (bicyclic) bond motifs is 7. The first-order valence-electron chi connectivity index (χ1n) is 23.7. The van der Waals surface area contributed by atoms with Crippen LogP contribution in [0.4, 0.5) is 0 Å². The van der Waals surface area contributed by atoms with Gasteiger partial charge < -0.3 is 0 Å². The van der Waals surface area contributed by atoms with E-state index in [-0.39, 0.29) is 0 Å². The van der Waals surface area contributed by atoms with Gasteiger partial charge >= 0.3 is 0 Å². The zero-order chi connectivity index (χ0) is 45.5. The molecule has 2 heterocycles. The number of rotatable bonds is 7. The third-order valence-corrected chi connectivity index (χ3v) is 14.4. The van der Waals surface area contributed by atoms with Gasteiger partial charge in [0, 0.05) is 21.9 Å². The minimum absolute atomic E-state index is 0.628. The molecule has 1 aliphatic carbocycles. The molecule has 0 N–H and O–H groups in total. The topological polar surface area (TPSA) is 35.6 Å². The minimum Gasteiger partial charge on any atom is -0.292 e. The summed E-state index contributed by atoms with van der Waals surface area (Å²) in [6.45, 7) is 0. The molecule has 0 saturated heterocycles. The standard InChI is InChI=1S/C65H42N4/c1-5-22-43(23-6-1)63-66-55-36-15-17-38-59(55)68(63)57-40-20-31-48-52(57)42-53-49(32-21-41-58(53)69-60-39-18-16-37-56(60)67-64(69)44-24-7-2-8-25-44)61(48)51-34-19-33-50-47-30-13-14-35-54(47)65(62(50)51,45-26-9-3-10-27-45)46-28-11-4-12-29-46/h1-42H. The maximum absolute atomic E-state index is 5.35. The minimum atomic E-state index is -0.628. The van der Waals surface area contributed by atoms with Crippen molar-refractivity contribution in [3.63, 3.8) is 0 Å². The fourth-order valence-corrected chi connectivity index (χ4v) is 11.6. The zero-order valence-electron chi connectivity index (χ0n) is 37.5. The Balaban J connectivity index is 1.18. The van der Waals surface area contributed by atoms with E-state index < -0.39 is 5.41 Å². The van der Waals surface area contributed by atoms with Crippen LogP contribution in [0.1, 0.15) is 22.3 Å². The molecule has 0 fully saturated rings. The summed E-state index contributed by atoms with van der Waals surface area (Å²) in [6, 6.07) is 92.6. The van der Waals surface area contributed by atoms with E-state index in [1.807, 2.05) is 0 Å². The second-order valence-corrected chi connectivity index (χ2v) is 18.0. The molecule has 0 amide bonds. The molecule has 14 rings (SSSR count). The van der Waals surface area contributed by atoms with Gasteiger partial charge in [-0.25, -0.2) is 9.97 Å². The Hall–Kier alpha value is -9.12. The number of nitrogens with zero attached hydrogens (tertiary/aromatic N) is 4. The van der Waals surface area contributed by atoms with E-state index in [0.717, 1.165) is 77.8 Å². The summed E-state index contributed by atoms with van der Waals surface area (Å²) in [6.07, 6.45) is 0. The normalized spacial score (nSPS) is 12.8. The van der Waals surface area contributed by atoms with Gasteiger partial charge in [-0.1, -0.05) is 212 Å². The smallest absolute Gasteiger partial charge is 0.145 e. The predicted octanol–water partition coefficient (Wildman–Crippen LogP) is 16.0. The van der Waals surface area contributed by atoms with Gasteiger partial charge in [0.1, 0.15) is 11.6 Å². The van der Waals surface area contributed by atoms with E-state index in [2.05, 4.69) is 264 Å². The molecule has 1 aliphatic rings. The van der Waals surface area contributed by atoms with Crippen LogP contribution in [0, 0.1) is 0 Å². The third kappa shape index (κ3) is 5.76. The lowest BCUT2D eigenvalue weighted by molar-refractivity contribution is 0.770. The molecule has 0 saturated carbocycles. The highest BCUT2D eigenvalue weighted by molar-refractivity contribution is 6.18. The quantitative estimate of drug-likeness (QED) is 0.150. The van der Waals surface area contributed by atoms with Crippen LogP contribution in [-0.4, -0.2) is 19.1 Å². The van der Waals surface area contributed by atoms with E-state index in [1.165, 1.54) is 44.5 Å². The van der Waals surface area contributed by atoms with Crippen molar-refractivity contribution in [3.8, 4) is 56.4 Å². The van der Waals surface area contributed by atoms with Gasteiger partial charge in [-0.15, -0.1) is 0 Å². The van der Waals surface area contributed by atoms with Gasteiger partial charge in [0.25, 0.3) is 0 Å². The lowest BCUT2D eigenvalue weighted by Gasteiger charge is -2.35. The van der Waals surface area contributed by atoms with Crippen molar-refractivity contribution in [2.75, 3.05) is 0 Å². The maximum atomic E-state index is 5.35. The van der Waals surface area contributed by atoms with Crippen LogP contribution in [0.2, 0.25) is 0 Å². The first-order valence-corrected chi connectivity index (χ1v) is 23.7. The molecule has 0 unspecified atom stereocenters. The summed E-state index contributed by atoms with van der Waals surface area (Å²) in [5.41, 5.74) is 17.5.